The molecule has 0 atom stereocenters. The zero-order chi connectivity index (χ0) is 9.81. The normalized spacial score (nSPS) is 42.7. The number of piperidine rings is 1. The molecule has 3 saturated carbocycles. The van der Waals surface area contributed by atoms with Crippen LogP contribution in [-0.2, 0) is 10.0 Å². The minimum absolute atomic E-state index is 0.283. The van der Waals surface area contributed by atoms with Crippen LogP contribution < -0.4 is 0 Å². The van der Waals surface area contributed by atoms with Gasteiger partial charge in [-0.15, -0.1) is 0 Å². The molecule has 2 bridgehead atoms. The van der Waals surface area contributed by atoms with E-state index in [-0.39, 0.29) is 4.75 Å². The van der Waals surface area contributed by atoms with Crippen LogP contribution in [0.1, 0.15) is 38.5 Å². The van der Waals surface area contributed by atoms with Gasteiger partial charge < -0.3 is 0 Å². The van der Waals surface area contributed by atoms with Gasteiger partial charge in [0.25, 0.3) is 0 Å². The molecule has 80 valence electrons. The minimum Gasteiger partial charge on any atom is -0.212 e. The number of hydrogen-bond acceptors (Lipinski definition) is 2. The standard InChI is InChI=1S/C10H17NO2S/c12-14(13,10-6-9(7-10)8-10)11-4-2-1-3-5-11/h9H,1-8H2. The second-order valence-electron chi connectivity index (χ2n) is 5.13. The molecule has 0 aromatic heterocycles. The van der Waals surface area contributed by atoms with E-state index >= 15 is 0 Å². The first kappa shape index (κ1) is 9.16. The molecule has 1 aliphatic heterocycles. The second-order valence-corrected chi connectivity index (χ2v) is 7.46. The predicted octanol–water partition coefficient (Wildman–Crippen LogP) is 1.35. The van der Waals surface area contributed by atoms with Crippen LogP contribution in [0.3, 0.4) is 0 Å². The summed E-state index contributed by atoms with van der Waals surface area (Å²) >= 11 is 0. The Kier molecular flexibility index (Phi) is 1.78. The highest BCUT2D eigenvalue weighted by atomic mass is 32.2. The van der Waals surface area contributed by atoms with Crippen LogP contribution in [0.15, 0.2) is 0 Å². The topological polar surface area (TPSA) is 37.4 Å². The van der Waals surface area contributed by atoms with Crippen LogP contribution in [0.4, 0.5) is 0 Å². The van der Waals surface area contributed by atoms with Crippen LogP contribution in [-0.4, -0.2) is 30.6 Å². The van der Waals surface area contributed by atoms with Gasteiger partial charge in [0.15, 0.2) is 0 Å². The third-order valence-corrected chi connectivity index (χ3v) is 6.82. The summed E-state index contributed by atoms with van der Waals surface area (Å²) < 4.78 is 26.0. The molecule has 4 fully saturated rings. The third kappa shape index (κ3) is 0.986. The van der Waals surface area contributed by atoms with Gasteiger partial charge in [-0.25, -0.2) is 12.7 Å². The van der Waals surface area contributed by atoms with Crippen LogP contribution >= 0.6 is 0 Å². The Morgan fingerprint density at radius 2 is 1.57 bits per heavy atom. The molecule has 0 amide bonds. The molecule has 0 radical (unpaired) electrons. The van der Waals surface area contributed by atoms with E-state index in [1.165, 1.54) is 6.42 Å². The first-order valence-electron chi connectivity index (χ1n) is 5.64. The van der Waals surface area contributed by atoms with Gasteiger partial charge in [-0.05, 0) is 38.0 Å². The lowest BCUT2D eigenvalue weighted by atomic mass is 9.55. The summed E-state index contributed by atoms with van der Waals surface area (Å²) in [5, 5.41) is 0. The van der Waals surface area contributed by atoms with Crippen molar-refractivity contribution in [2.75, 3.05) is 13.1 Å². The summed E-state index contributed by atoms with van der Waals surface area (Å²) in [6, 6.07) is 0. The number of hydrogen-bond donors (Lipinski definition) is 0. The molecule has 0 unspecified atom stereocenters. The Morgan fingerprint density at radius 1 is 1.00 bits per heavy atom. The molecule has 4 rings (SSSR count). The molecular weight excluding hydrogens is 198 g/mol. The highest BCUT2D eigenvalue weighted by molar-refractivity contribution is 7.90. The van der Waals surface area contributed by atoms with Crippen LogP contribution in [0.25, 0.3) is 0 Å². The Hall–Kier alpha value is -0.0900. The lowest BCUT2D eigenvalue weighted by molar-refractivity contribution is 0.0419. The third-order valence-electron chi connectivity index (χ3n) is 4.18. The lowest BCUT2D eigenvalue weighted by Gasteiger charge is -2.61. The van der Waals surface area contributed by atoms with Crippen molar-refractivity contribution in [1.29, 1.82) is 0 Å². The van der Waals surface area contributed by atoms with Crippen molar-refractivity contribution in [2.45, 2.75) is 43.3 Å². The average molecular weight is 215 g/mol. The molecule has 0 N–H and O–H groups in total. The first-order valence-corrected chi connectivity index (χ1v) is 7.08. The first-order chi connectivity index (χ1) is 6.64. The molecular formula is C10H17NO2S. The molecule has 1 heterocycles. The zero-order valence-corrected chi connectivity index (χ0v) is 9.22. The highest BCUT2D eigenvalue weighted by Gasteiger charge is 2.66. The highest BCUT2D eigenvalue weighted by Crippen LogP contribution is 2.62. The van der Waals surface area contributed by atoms with Crippen LogP contribution in [0.2, 0.25) is 0 Å². The maximum absolute atomic E-state index is 12.3. The quantitative estimate of drug-likeness (QED) is 0.697. The predicted molar refractivity (Wildman–Crippen MR) is 54.4 cm³/mol. The van der Waals surface area contributed by atoms with E-state index in [0.29, 0.717) is 0 Å². The van der Waals surface area contributed by atoms with Gasteiger partial charge in [0.2, 0.25) is 10.0 Å². The lowest BCUT2D eigenvalue weighted by Crippen LogP contribution is -2.66. The molecule has 4 aliphatic rings. The van der Waals surface area contributed by atoms with E-state index < -0.39 is 10.0 Å². The molecule has 3 aliphatic carbocycles. The summed E-state index contributed by atoms with van der Waals surface area (Å²) in [4.78, 5) is 0. The largest absolute Gasteiger partial charge is 0.219 e. The molecule has 0 aromatic rings. The van der Waals surface area contributed by atoms with Gasteiger partial charge in [0, 0.05) is 13.1 Å². The molecule has 1 saturated heterocycles. The van der Waals surface area contributed by atoms with Gasteiger partial charge in [-0.3, -0.25) is 0 Å². The maximum Gasteiger partial charge on any atom is 0.219 e. The Morgan fingerprint density at radius 3 is 2.00 bits per heavy atom. The van der Waals surface area contributed by atoms with Crippen molar-refractivity contribution in [3.63, 3.8) is 0 Å². The fourth-order valence-corrected chi connectivity index (χ4v) is 5.72. The monoisotopic (exact) mass is 215 g/mol. The van der Waals surface area contributed by atoms with E-state index in [0.717, 1.165) is 51.1 Å². The van der Waals surface area contributed by atoms with Crippen LogP contribution in [0, 0.1) is 5.92 Å². The van der Waals surface area contributed by atoms with Gasteiger partial charge >= 0.3 is 0 Å². The summed E-state index contributed by atoms with van der Waals surface area (Å²) in [7, 11) is -2.93. The van der Waals surface area contributed by atoms with Gasteiger partial charge in [-0.2, -0.15) is 0 Å². The average Bonchev–Trinajstić information content (AvgIpc) is 1.99. The van der Waals surface area contributed by atoms with Gasteiger partial charge in [0.1, 0.15) is 0 Å². The van der Waals surface area contributed by atoms with Crippen molar-refractivity contribution >= 4 is 10.0 Å². The number of nitrogens with zero attached hydrogens (tertiary/aromatic N) is 1. The molecule has 0 aromatic carbocycles. The summed E-state index contributed by atoms with van der Waals surface area (Å²) in [6.07, 6.45) is 6.16. The molecule has 14 heavy (non-hydrogen) atoms. The number of sulfonamides is 1. The fourth-order valence-electron chi connectivity index (χ4n) is 3.09. The summed E-state index contributed by atoms with van der Waals surface area (Å²) in [5.41, 5.74) is 0. The zero-order valence-electron chi connectivity index (χ0n) is 8.41. The van der Waals surface area contributed by atoms with Crippen molar-refractivity contribution in [1.82, 2.24) is 4.31 Å². The van der Waals surface area contributed by atoms with Gasteiger partial charge in [-0.1, -0.05) is 6.42 Å². The van der Waals surface area contributed by atoms with Gasteiger partial charge in [0.05, 0.1) is 4.75 Å². The van der Waals surface area contributed by atoms with Crippen molar-refractivity contribution < 1.29 is 8.42 Å². The van der Waals surface area contributed by atoms with Crippen molar-refractivity contribution in [3.8, 4) is 0 Å². The van der Waals surface area contributed by atoms with E-state index in [1.54, 1.807) is 4.31 Å². The Balaban J connectivity index is 1.81. The van der Waals surface area contributed by atoms with E-state index in [2.05, 4.69) is 0 Å². The smallest absolute Gasteiger partial charge is 0.212 e. The van der Waals surface area contributed by atoms with E-state index in [1.807, 2.05) is 0 Å². The SMILES string of the molecule is O=S(=O)(N1CCCCC1)C12CC(C1)C2. The molecule has 3 nitrogen and oxygen atoms in total. The Labute approximate surface area is 85.5 Å². The second kappa shape index (κ2) is 2.73. The summed E-state index contributed by atoms with van der Waals surface area (Å²) in [6.45, 7) is 1.55. The van der Waals surface area contributed by atoms with Crippen LogP contribution in [0.5, 0.6) is 0 Å². The fraction of sp³-hybridized carbons (Fsp3) is 1.00. The van der Waals surface area contributed by atoms with Crippen molar-refractivity contribution in [2.24, 2.45) is 5.92 Å². The maximum atomic E-state index is 12.3. The van der Waals surface area contributed by atoms with E-state index in [4.69, 9.17) is 0 Å². The summed E-state index contributed by atoms with van der Waals surface area (Å²) in [5.74, 6) is 0.745. The molecule has 4 heteroatoms. The van der Waals surface area contributed by atoms with E-state index in [9.17, 15) is 8.42 Å². The number of rotatable bonds is 2. The van der Waals surface area contributed by atoms with Crippen molar-refractivity contribution in [3.05, 3.63) is 0 Å². The molecule has 0 spiro atoms. The Bertz CT molecular complexity index is 326. The minimum atomic E-state index is -2.93.